The topological polar surface area (TPSA) is 18.5 Å². The first-order valence-electron chi connectivity index (χ1n) is 7.12. The van der Waals surface area contributed by atoms with Crippen molar-refractivity contribution in [3.63, 3.8) is 0 Å². The second kappa shape index (κ2) is 6.72. The van der Waals surface area contributed by atoms with E-state index in [1.807, 2.05) is 0 Å². The van der Waals surface area contributed by atoms with E-state index in [1.165, 1.54) is 39.0 Å². The van der Waals surface area contributed by atoms with E-state index in [2.05, 4.69) is 49.9 Å². The van der Waals surface area contributed by atoms with Crippen molar-refractivity contribution in [2.45, 2.75) is 52.1 Å². The first-order valence-corrected chi connectivity index (χ1v) is 7.12. The Kier molecular flexibility index (Phi) is 5.90. The van der Waals surface area contributed by atoms with Crippen LogP contribution in [0.2, 0.25) is 0 Å². The molecule has 0 aliphatic carbocycles. The molecule has 0 saturated carbocycles. The maximum atomic E-state index is 3.68. The predicted octanol–water partition coefficient (Wildman–Crippen LogP) is 1.79. The molecule has 0 aromatic rings. The molecule has 1 unspecified atom stereocenters. The minimum Gasteiger partial charge on any atom is -0.310 e. The van der Waals surface area contributed by atoms with Crippen molar-refractivity contribution in [1.29, 1.82) is 0 Å². The first-order chi connectivity index (χ1) is 7.94. The Morgan fingerprint density at radius 3 is 2.53 bits per heavy atom. The number of hydrogen-bond acceptors (Lipinski definition) is 3. The Morgan fingerprint density at radius 1 is 1.18 bits per heavy atom. The van der Waals surface area contributed by atoms with E-state index in [0.29, 0.717) is 6.04 Å². The van der Waals surface area contributed by atoms with E-state index in [-0.39, 0.29) is 5.54 Å². The van der Waals surface area contributed by atoms with Gasteiger partial charge in [0.1, 0.15) is 0 Å². The van der Waals surface area contributed by atoms with Crippen LogP contribution in [-0.2, 0) is 0 Å². The van der Waals surface area contributed by atoms with Gasteiger partial charge in [-0.1, -0.05) is 6.92 Å². The number of nitrogens with one attached hydrogen (secondary N) is 1. The average molecular weight is 241 g/mol. The van der Waals surface area contributed by atoms with Crippen molar-refractivity contribution in [3.8, 4) is 0 Å². The Morgan fingerprint density at radius 2 is 1.88 bits per heavy atom. The van der Waals surface area contributed by atoms with E-state index in [0.717, 1.165) is 6.54 Å². The molecule has 1 aliphatic heterocycles. The molecule has 1 atom stereocenters. The van der Waals surface area contributed by atoms with Gasteiger partial charge in [-0.25, -0.2) is 0 Å². The highest BCUT2D eigenvalue weighted by Gasteiger charge is 2.20. The number of likely N-dealkylation sites (N-methyl/N-ethyl adjacent to an activating group) is 1. The van der Waals surface area contributed by atoms with E-state index in [1.54, 1.807) is 0 Å². The first kappa shape index (κ1) is 14.9. The monoisotopic (exact) mass is 241 g/mol. The third kappa shape index (κ3) is 5.36. The fraction of sp³-hybridized carbons (Fsp3) is 1.00. The molecule has 0 bridgehead atoms. The number of hydrogen-bond donors (Lipinski definition) is 1. The molecule has 0 aromatic carbocycles. The van der Waals surface area contributed by atoms with Gasteiger partial charge in [0.15, 0.2) is 0 Å². The fourth-order valence-corrected chi connectivity index (χ4v) is 2.19. The van der Waals surface area contributed by atoms with Gasteiger partial charge in [0.05, 0.1) is 0 Å². The van der Waals surface area contributed by atoms with Crippen LogP contribution in [0, 0.1) is 0 Å². The lowest BCUT2D eigenvalue weighted by molar-refractivity contribution is 0.197. The summed E-state index contributed by atoms with van der Waals surface area (Å²) in [5.74, 6) is 0. The summed E-state index contributed by atoms with van der Waals surface area (Å²) in [4.78, 5) is 5.07. The maximum Gasteiger partial charge on any atom is 0.0193 e. The smallest absolute Gasteiger partial charge is 0.0193 e. The summed E-state index contributed by atoms with van der Waals surface area (Å²) in [6.45, 7) is 15.2. The second-order valence-corrected chi connectivity index (χ2v) is 6.16. The quantitative estimate of drug-likeness (QED) is 0.792. The zero-order valence-corrected chi connectivity index (χ0v) is 12.4. The molecular formula is C14H31N3. The van der Waals surface area contributed by atoms with Gasteiger partial charge in [0, 0.05) is 31.2 Å². The minimum absolute atomic E-state index is 0.275. The summed E-state index contributed by atoms with van der Waals surface area (Å²) < 4.78 is 0. The van der Waals surface area contributed by atoms with Crippen LogP contribution >= 0.6 is 0 Å². The molecule has 1 heterocycles. The third-order valence-corrected chi connectivity index (χ3v) is 4.14. The van der Waals surface area contributed by atoms with E-state index in [4.69, 9.17) is 0 Å². The van der Waals surface area contributed by atoms with Crippen molar-refractivity contribution in [2.75, 3.05) is 39.8 Å². The Hall–Kier alpha value is -0.120. The van der Waals surface area contributed by atoms with Crippen LogP contribution in [-0.4, -0.2) is 61.2 Å². The van der Waals surface area contributed by atoms with E-state index < -0.39 is 0 Å². The molecule has 102 valence electrons. The summed E-state index contributed by atoms with van der Waals surface area (Å²) in [6, 6.07) is 0.646. The Bertz CT molecular complexity index is 216. The number of rotatable bonds is 5. The van der Waals surface area contributed by atoms with Crippen molar-refractivity contribution in [2.24, 2.45) is 0 Å². The maximum absolute atomic E-state index is 3.68. The molecule has 3 heteroatoms. The second-order valence-electron chi connectivity index (χ2n) is 6.16. The lowest BCUT2D eigenvalue weighted by atomic mass is 10.0. The normalized spacial score (nSPS) is 22.4. The minimum atomic E-state index is 0.275. The zero-order chi connectivity index (χ0) is 12.9. The highest BCUT2D eigenvalue weighted by Crippen LogP contribution is 2.09. The molecule has 1 rings (SSSR count). The lowest BCUT2D eigenvalue weighted by Crippen LogP contribution is -2.48. The van der Waals surface area contributed by atoms with Crippen molar-refractivity contribution < 1.29 is 0 Å². The van der Waals surface area contributed by atoms with Crippen LogP contribution in [0.3, 0.4) is 0 Å². The van der Waals surface area contributed by atoms with Crippen LogP contribution in [0.5, 0.6) is 0 Å². The highest BCUT2D eigenvalue weighted by atomic mass is 15.2. The van der Waals surface area contributed by atoms with Gasteiger partial charge in [-0.3, -0.25) is 4.90 Å². The van der Waals surface area contributed by atoms with Gasteiger partial charge < -0.3 is 10.2 Å². The highest BCUT2D eigenvalue weighted by molar-refractivity contribution is 4.80. The molecule has 1 fully saturated rings. The SMILES string of the molecule is CCC(C)(C)NCC(C)N1CCCN(C)CC1. The molecule has 0 aromatic heterocycles. The molecule has 1 aliphatic rings. The summed E-state index contributed by atoms with van der Waals surface area (Å²) >= 11 is 0. The third-order valence-electron chi connectivity index (χ3n) is 4.14. The molecular weight excluding hydrogens is 210 g/mol. The molecule has 0 amide bonds. The van der Waals surface area contributed by atoms with Gasteiger partial charge in [-0.2, -0.15) is 0 Å². The summed E-state index contributed by atoms with van der Waals surface area (Å²) in [6.07, 6.45) is 2.49. The Balaban J connectivity index is 2.34. The molecule has 3 nitrogen and oxygen atoms in total. The van der Waals surface area contributed by atoms with Gasteiger partial charge >= 0.3 is 0 Å². The summed E-state index contributed by atoms with van der Waals surface area (Å²) in [5, 5.41) is 3.68. The standard InChI is InChI=1S/C14H31N3/c1-6-14(3,4)15-12-13(2)17-9-7-8-16(5)10-11-17/h13,15H,6-12H2,1-5H3. The molecule has 1 saturated heterocycles. The average Bonchev–Trinajstić information content (AvgIpc) is 2.51. The van der Waals surface area contributed by atoms with Gasteiger partial charge in [0.2, 0.25) is 0 Å². The predicted molar refractivity (Wildman–Crippen MR) is 75.5 cm³/mol. The van der Waals surface area contributed by atoms with Gasteiger partial charge in [0.25, 0.3) is 0 Å². The Labute approximate surface area is 108 Å². The summed E-state index contributed by atoms with van der Waals surface area (Å²) in [5.41, 5.74) is 0.275. The van der Waals surface area contributed by atoms with Crippen molar-refractivity contribution in [1.82, 2.24) is 15.1 Å². The van der Waals surface area contributed by atoms with Crippen LogP contribution in [0.1, 0.15) is 40.5 Å². The van der Waals surface area contributed by atoms with E-state index >= 15 is 0 Å². The summed E-state index contributed by atoms with van der Waals surface area (Å²) in [7, 11) is 2.23. The van der Waals surface area contributed by atoms with Crippen molar-refractivity contribution >= 4 is 0 Å². The largest absolute Gasteiger partial charge is 0.310 e. The van der Waals surface area contributed by atoms with E-state index in [9.17, 15) is 0 Å². The van der Waals surface area contributed by atoms with Gasteiger partial charge in [-0.15, -0.1) is 0 Å². The molecule has 1 N–H and O–H groups in total. The zero-order valence-electron chi connectivity index (χ0n) is 12.4. The van der Waals surface area contributed by atoms with Crippen LogP contribution in [0.25, 0.3) is 0 Å². The van der Waals surface area contributed by atoms with Crippen LogP contribution < -0.4 is 5.32 Å². The molecule has 0 spiro atoms. The van der Waals surface area contributed by atoms with Crippen LogP contribution in [0.15, 0.2) is 0 Å². The van der Waals surface area contributed by atoms with Crippen molar-refractivity contribution in [3.05, 3.63) is 0 Å². The molecule has 0 radical (unpaired) electrons. The van der Waals surface area contributed by atoms with Gasteiger partial charge in [-0.05, 0) is 53.8 Å². The lowest BCUT2D eigenvalue weighted by Gasteiger charge is -2.32. The number of nitrogens with zero attached hydrogens (tertiary/aromatic N) is 2. The van der Waals surface area contributed by atoms with Crippen LogP contribution in [0.4, 0.5) is 0 Å². The fourth-order valence-electron chi connectivity index (χ4n) is 2.19. The molecule has 17 heavy (non-hydrogen) atoms.